The lowest BCUT2D eigenvalue weighted by Crippen LogP contribution is -2.39. The van der Waals surface area contributed by atoms with E-state index in [0.29, 0.717) is 12.2 Å². The zero-order chi connectivity index (χ0) is 18.4. The molecule has 0 aliphatic heterocycles. The number of anilines is 1. The summed E-state index contributed by atoms with van der Waals surface area (Å²) in [6.45, 7) is 1.96. The smallest absolute Gasteiger partial charge is 0.267 e. The van der Waals surface area contributed by atoms with E-state index in [1.165, 1.54) is 0 Å². The SMILES string of the molecule is CCC(Oc1ccc(-c2ccccc2)cc1)C(=O)N(C)c1ccccc1. The van der Waals surface area contributed by atoms with Gasteiger partial charge in [0.1, 0.15) is 5.75 Å². The molecule has 1 amide bonds. The highest BCUT2D eigenvalue weighted by Crippen LogP contribution is 2.23. The maximum Gasteiger partial charge on any atom is 0.267 e. The van der Waals surface area contributed by atoms with Crippen LogP contribution in [0.5, 0.6) is 5.75 Å². The molecule has 0 N–H and O–H groups in total. The topological polar surface area (TPSA) is 29.5 Å². The van der Waals surface area contributed by atoms with Crippen molar-refractivity contribution in [3.8, 4) is 16.9 Å². The molecule has 0 aromatic heterocycles. The molecular formula is C23H23NO2. The van der Waals surface area contributed by atoms with Crippen LogP contribution in [0.4, 0.5) is 5.69 Å². The van der Waals surface area contributed by atoms with Gasteiger partial charge in [-0.05, 0) is 41.8 Å². The monoisotopic (exact) mass is 345 g/mol. The summed E-state index contributed by atoms with van der Waals surface area (Å²) in [5, 5.41) is 0. The van der Waals surface area contributed by atoms with Crippen molar-refractivity contribution in [1.82, 2.24) is 0 Å². The van der Waals surface area contributed by atoms with Crippen LogP contribution in [-0.4, -0.2) is 19.1 Å². The van der Waals surface area contributed by atoms with Crippen LogP contribution in [0.15, 0.2) is 84.9 Å². The fourth-order valence-electron chi connectivity index (χ4n) is 2.82. The Morgan fingerprint density at radius 1 is 0.846 bits per heavy atom. The van der Waals surface area contributed by atoms with E-state index in [1.54, 1.807) is 11.9 Å². The molecule has 1 atom stereocenters. The van der Waals surface area contributed by atoms with Crippen LogP contribution in [0.2, 0.25) is 0 Å². The van der Waals surface area contributed by atoms with Gasteiger partial charge < -0.3 is 9.64 Å². The van der Waals surface area contributed by atoms with Gasteiger partial charge >= 0.3 is 0 Å². The Morgan fingerprint density at radius 2 is 1.38 bits per heavy atom. The summed E-state index contributed by atoms with van der Waals surface area (Å²) in [5.41, 5.74) is 3.14. The van der Waals surface area contributed by atoms with Gasteiger partial charge in [0, 0.05) is 12.7 Å². The highest BCUT2D eigenvalue weighted by atomic mass is 16.5. The highest BCUT2D eigenvalue weighted by molar-refractivity contribution is 5.96. The van der Waals surface area contributed by atoms with E-state index in [2.05, 4.69) is 12.1 Å². The zero-order valence-electron chi connectivity index (χ0n) is 15.1. The molecule has 0 radical (unpaired) electrons. The van der Waals surface area contributed by atoms with Gasteiger partial charge in [-0.25, -0.2) is 0 Å². The average molecular weight is 345 g/mol. The number of hydrogen-bond donors (Lipinski definition) is 0. The second kappa shape index (κ2) is 8.34. The molecule has 1 unspecified atom stereocenters. The van der Waals surface area contributed by atoms with E-state index >= 15 is 0 Å². The van der Waals surface area contributed by atoms with Crippen LogP contribution in [0.25, 0.3) is 11.1 Å². The number of nitrogens with zero attached hydrogens (tertiary/aromatic N) is 1. The van der Waals surface area contributed by atoms with E-state index < -0.39 is 6.10 Å². The standard InChI is InChI=1S/C23H23NO2/c1-3-22(23(25)24(2)20-12-8-5-9-13-20)26-21-16-14-19(15-17-21)18-10-6-4-7-11-18/h4-17,22H,3H2,1-2H3. The average Bonchev–Trinajstić information content (AvgIpc) is 2.72. The Labute approximate surface area is 154 Å². The normalized spacial score (nSPS) is 11.6. The van der Waals surface area contributed by atoms with Crippen LogP contribution in [0.3, 0.4) is 0 Å². The van der Waals surface area contributed by atoms with Gasteiger partial charge in [0.25, 0.3) is 5.91 Å². The second-order valence-corrected chi connectivity index (χ2v) is 6.14. The third-order valence-electron chi connectivity index (χ3n) is 4.36. The summed E-state index contributed by atoms with van der Waals surface area (Å²) < 4.78 is 5.97. The number of carbonyl (C=O) groups is 1. The van der Waals surface area contributed by atoms with Crippen molar-refractivity contribution >= 4 is 11.6 Å². The molecular weight excluding hydrogens is 322 g/mol. The van der Waals surface area contributed by atoms with Gasteiger partial charge in [0.15, 0.2) is 6.10 Å². The Kier molecular flexibility index (Phi) is 5.69. The molecule has 3 heteroatoms. The van der Waals surface area contributed by atoms with E-state index in [0.717, 1.165) is 16.8 Å². The summed E-state index contributed by atoms with van der Waals surface area (Å²) in [6.07, 6.45) is 0.0963. The molecule has 3 rings (SSSR count). The first-order chi connectivity index (χ1) is 12.7. The summed E-state index contributed by atoms with van der Waals surface area (Å²) in [5.74, 6) is 0.650. The van der Waals surface area contributed by atoms with Gasteiger partial charge in [0.2, 0.25) is 0 Å². The lowest BCUT2D eigenvalue weighted by atomic mass is 10.1. The van der Waals surface area contributed by atoms with E-state index in [1.807, 2.05) is 79.7 Å². The van der Waals surface area contributed by atoms with Crippen LogP contribution < -0.4 is 9.64 Å². The van der Waals surface area contributed by atoms with Crippen molar-refractivity contribution in [1.29, 1.82) is 0 Å². The van der Waals surface area contributed by atoms with Crippen LogP contribution >= 0.6 is 0 Å². The maximum absolute atomic E-state index is 12.8. The number of carbonyl (C=O) groups excluding carboxylic acids is 1. The van der Waals surface area contributed by atoms with Crippen molar-refractivity contribution < 1.29 is 9.53 Å². The van der Waals surface area contributed by atoms with Crippen LogP contribution in [0, 0.1) is 0 Å². The van der Waals surface area contributed by atoms with Gasteiger partial charge in [-0.3, -0.25) is 4.79 Å². The minimum atomic E-state index is -0.511. The number of hydrogen-bond acceptors (Lipinski definition) is 2. The zero-order valence-corrected chi connectivity index (χ0v) is 15.1. The molecule has 3 aromatic carbocycles. The molecule has 0 aliphatic carbocycles. The van der Waals surface area contributed by atoms with Crippen LogP contribution in [0.1, 0.15) is 13.3 Å². The molecule has 0 heterocycles. The summed E-state index contributed by atoms with van der Waals surface area (Å²) >= 11 is 0. The molecule has 3 aromatic rings. The first-order valence-electron chi connectivity index (χ1n) is 8.84. The molecule has 0 fully saturated rings. The predicted molar refractivity (Wildman–Crippen MR) is 106 cm³/mol. The van der Waals surface area contributed by atoms with E-state index in [9.17, 15) is 4.79 Å². The Morgan fingerprint density at radius 3 is 1.96 bits per heavy atom. The van der Waals surface area contributed by atoms with Gasteiger partial charge in [-0.1, -0.05) is 67.6 Å². The molecule has 0 bridgehead atoms. The van der Waals surface area contributed by atoms with Gasteiger partial charge in [-0.2, -0.15) is 0 Å². The molecule has 132 valence electrons. The molecule has 3 nitrogen and oxygen atoms in total. The molecule has 0 aliphatic rings. The number of likely N-dealkylation sites (N-methyl/N-ethyl adjacent to an activating group) is 1. The molecule has 0 spiro atoms. The molecule has 26 heavy (non-hydrogen) atoms. The Balaban J connectivity index is 1.71. The first-order valence-corrected chi connectivity index (χ1v) is 8.84. The number of benzene rings is 3. The van der Waals surface area contributed by atoms with E-state index in [4.69, 9.17) is 4.74 Å². The fourth-order valence-corrected chi connectivity index (χ4v) is 2.82. The second-order valence-electron chi connectivity index (χ2n) is 6.14. The minimum absolute atomic E-state index is 0.0502. The Bertz CT molecular complexity index is 829. The van der Waals surface area contributed by atoms with Crippen molar-refractivity contribution in [3.63, 3.8) is 0 Å². The van der Waals surface area contributed by atoms with Gasteiger partial charge in [0.05, 0.1) is 0 Å². The largest absolute Gasteiger partial charge is 0.481 e. The number of rotatable bonds is 6. The van der Waals surface area contributed by atoms with E-state index in [-0.39, 0.29) is 5.91 Å². The predicted octanol–water partition coefficient (Wildman–Crippen LogP) is 5.17. The minimum Gasteiger partial charge on any atom is -0.481 e. The third-order valence-corrected chi connectivity index (χ3v) is 4.36. The quantitative estimate of drug-likeness (QED) is 0.616. The van der Waals surface area contributed by atoms with Crippen molar-refractivity contribution in [2.75, 3.05) is 11.9 Å². The summed E-state index contributed by atoms with van der Waals surface area (Å²) in [6, 6.07) is 27.7. The summed E-state index contributed by atoms with van der Waals surface area (Å²) in [4.78, 5) is 14.4. The number of para-hydroxylation sites is 1. The third kappa shape index (κ3) is 4.12. The maximum atomic E-state index is 12.8. The lowest BCUT2D eigenvalue weighted by molar-refractivity contribution is -0.125. The molecule has 0 saturated carbocycles. The van der Waals surface area contributed by atoms with Gasteiger partial charge in [-0.15, -0.1) is 0 Å². The van der Waals surface area contributed by atoms with Crippen molar-refractivity contribution in [2.45, 2.75) is 19.4 Å². The number of amides is 1. The van der Waals surface area contributed by atoms with Crippen LogP contribution in [-0.2, 0) is 4.79 Å². The Hall–Kier alpha value is -3.07. The molecule has 0 saturated heterocycles. The fraction of sp³-hybridized carbons (Fsp3) is 0.174. The first kappa shape index (κ1) is 17.7. The number of ether oxygens (including phenoxy) is 1. The van der Waals surface area contributed by atoms with Crippen molar-refractivity contribution in [3.05, 3.63) is 84.9 Å². The lowest BCUT2D eigenvalue weighted by Gasteiger charge is -2.24. The van der Waals surface area contributed by atoms with Crippen molar-refractivity contribution in [2.24, 2.45) is 0 Å². The summed E-state index contributed by atoms with van der Waals surface area (Å²) in [7, 11) is 1.78. The highest BCUT2D eigenvalue weighted by Gasteiger charge is 2.23.